The van der Waals surface area contributed by atoms with Gasteiger partial charge in [-0.3, -0.25) is 9.36 Å². The Bertz CT molecular complexity index is 418. The molecule has 0 spiro atoms. The summed E-state index contributed by atoms with van der Waals surface area (Å²) < 4.78 is 1.25. The molecule has 1 aromatic rings. The van der Waals surface area contributed by atoms with Crippen LogP contribution < -0.4 is 11.2 Å². The van der Waals surface area contributed by atoms with E-state index in [1.54, 1.807) is 6.92 Å². The van der Waals surface area contributed by atoms with Gasteiger partial charge in [0, 0.05) is 18.3 Å². The van der Waals surface area contributed by atoms with Crippen LogP contribution in [0.2, 0.25) is 0 Å². The molecule has 15 heavy (non-hydrogen) atoms. The second-order valence-corrected chi connectivity index (χ2v) is 5.06. The Kier molecular flexibility index (Phi) is 3.17. The van der Waals surface area contributed by atoms with Crippen molar-refractivity contribution in [2.24, 2.45) is 5.41 Å². The number of rotatable bonds is 2. The molecule has 0 radical (unpaired) electrons. The molecule has 1 heterocycles. The van der Waals surface area contributed by atoms with Crippen molar-refractivity contribution in [1.82, 2.24) is 9.55 Å². The lowest BCUT2D eigenvalue weighted by Gasteiger charge is -2.17. The maximum atomic E-state index is 11.5. The summed E-state index contributed by atoms with van der Waals surface area (Å²) in [4.78, 5) is 25.6. The smallest absolute Gasteiger partial charge is 0.311 e. The first-order chi connectivity index (χ1) is 6.79. The van der Waals surface area contributed by atoms with Gasteiger partial charge in [-0.15, -0.1) is 0 Å². The molecule has 1 aromatic heterocycles. The number of hydrogen-bond acceptors (Lipinski definition) is 2. The fraction of sp³-hybridized carbons (Fsp3) is 0.636. The maximum Gasteiger partial charge on any atom is 0.328 e. The molecule has 0 aliphatic rings. The molecule has 0 aliphatic heterocycles. The minimum atomic E-state index is -0.316. The molecule has 1 rings (SSSR count). The van der Waals surface area contributed by atoms with Gasteiger partial charge in [-0.2, -0.15) is 0 Å². The van der Waals surface area contributed by atoms with E-state index in [2.05, 4.69) is 25.8 Å². The van der Waals surface area contributed by atoms with Crippen LogP contribution in [0, 0.1) is 12.3 Å². The predicted molar refractivity (Wildman–Crippen MR) is 60.1 cm³/mol. The molecule has 0 unspecified atom stereocenters. The highest BCUT2D eigenvalue weighted by atomic mass is 16.2. The molecule has 0 amide bonds. The van der Waals surface area contributed by atoms with E-state index in [9.17, 15) is 9.59 Å². The normalized spacial score (nSPS) is 11.7. The van der Waals surface area contributed by atoms with E-state index in [0.29, 0.717) is 12.2 Å². The van der Waals surface area contributed by atoms with E-state index >= 15 is 0 Å². The number of hydrogen-bond donors (Lipinski definition) is 1. The molecule has 0 atom stereocenters. The maximum absolute atomic E-state index is 11.5. The Morgan fingerprint density at radius 1 is 1.33 bits per heavy atom. The fourth-order valence-electron chi connectivity index (χ4n) is 1.29. The van der Waals surface area contributed by atoms with Gasteiger partial charge in [0.05, 0.1) is 0 Å². The van der Waals surface area contributed by atoms with Gasteiger partial charge < -0.3 is 4.98 Å². The molecule has 1 N–H and O–H groups in total. The van der Waals surface area contributed by atoms with Crippen molar-refractivity contribution in [3.05, 3.63) is 32.6 Å². The van der Waals surface area contributed by atoms with Gasteiger partial charge >= 0.3 is 5.69 Å². The second-order valence-electron chi connectivity index (χ2n) is 5.06. The molecule has 84 valence electrons. The molecule has 0 aliphatic carbocycles. The number of H-pyrrole nitrogens is 1. The van der Waals surface area contributed by atoms with Crippen LogP contribution in [0.3, 0.4) is 0 Å². The Morgan fingerprint density at radius 3 is 2.40 bits per heavy atom. The fourth-order valence-corrected chi connectivity index (χ4v) is 1.29. The number of nitrogens with one attached hydrogen (secondary N) is 1. The molecule has 0 fully saturated rings. The molecular formula is C11H18N2O2. The zero-order chi connectivity index (χ0) is 11.6. The summed E-state index contributed by atoms with van der Waals surface area (Å²) in [6, 6.07) is 1.45. The molecule has 0 bridgehead atoms. The van der Waals surface area contributed by atoms with Crippen LogP contribution in [0.5, 0.6) is 0 Å². The van der Waals surface area contributed by atoms with Crippen molar-refractivity contribution >= 4 is 0 Å². The van der Waals surface area contributed by atoms with Crippen molar-refractivity contribution in [3.63, 3.8) is 0 Å². The van der Waals surface area contributed by atoms with Crippen LogP contribution >= 0.6 is 0 Å². The van der Waals surface area contributed by atoms with Gasteiger partial charge in [-0.25, -0.2) is 4.79 Å². The average Bonchev–Trinajstić information content (AvgIpc) is 1.99. The van der Waals surface area contributed by atoms with Crippen molar-refractivity contribution in [2.45, 2.75) is 40.7 Å². The van der Waals surface area contributed by atoms with E-state index in [-0.39, 0.29) is 16.7 Å². The van der Waals surface area contributed by atoms with Crippen LogP contribution in [0.15, 0.2) is 15.7 Å². The summed E-state index contributed by atoms with van der Waals surface area (Å²) in [5.41, 5.74) is 0.193. The SMILES string of the molecule is Cc1cc(=O)n(CCC(C)(C)C)c(=O)[nH]1. The highest BCUT2D eigenvalue weighted by Crippen LogP contribution is 2.18. The molecule has 0 saturated heterocycles. The van der Waals surface area contributed by atoms with Gasteiger partial charge in [-0.05, 0) is 18.8 Å². The van der Waals surface area contributed by atoms with Crippen LogP contribution in [0.25, 0.3) is 0 Å². The highest BCUT2D eigenvalue weighted by molar-refractivity contribution is 4.96. The predicted octanol–water partition coefficient (Wildman–Crippen LogP) is 1.28. The minimum absolute atomic E-state index is 0.122. The van der Waals surface area contributed by atoms with Crippen molar-refractivity contribution < 1.29 is 0 Å². The van der Waals surface area contributed by atoms with Gasteiger partial charge in [0.1, 0.15) is 0 Å². The summed E-state index contributed by atoms with van der Waals surface area (Å²) in [5.74, 6) is 0. The van der Waals surface area contributed by atoms with Crippen molar-refractivity contribution in [1.29, 1.82) is 0 Å². The van der Waals surface area contributed by atoms with E-state index in [4.69, 9.17) is 0 Å². The van der Waals surface area contributed by atoms with E-state index in [0.717, 1.165) is 6.42 Å². The zero-order valence-electron chi connectivity index (χ0n) is 9.76. The number of aromatic nitrogens is 2. The van der Waals surface area contributed by atoms with Crippen LogP contribution in [0.1, 0.15) is 32.9 Å². The summed E-state index contributed by atoms with van der Waals surface area (Å²) in [7, 11) is 0. The topological polar surface area (TPSA) is 54.9 Å². The lowest BCUT2D eigenvalue weighted by atomic mass is 9.92. The number of nitrogens with zero attached hydrogens (tertiary/aromatic N) is 1. The van der Waals surface area contributed by atoms with Crippen LogP contribution in [-0.2, 0) is 6.54 Å². The molecule has 4 heteroatoms. The third kappa shape index (κ3) is 3.38. The lowest BCUT2D eigenvalue weighted by Crippen LogP contribution is -2.36. The first kappa shape index (κ1) is 11.8. The molecular weight excluding hydrogens is 192 g/mol. The van der Waals surface area contributed by atoms with E-state index in [1.807, 2.05) is 0 Å². The number of aryl methyl sites for hydroxylation is 1. The summed E-state index contributed by atoms with van der Waals surface area (Å²) in [6.07, 6.45) is 0.805. The standard InChI is InChI=1S/C11H18N2O2/c1-8-7-9(14)13(10(15)12-8)6-5-11(2,3)4/h7H,5-6H2,1-4H3,(H,12,15). The first-order valence-electron chi connectivity index (χ1n) is 5.10. The second kappa shape index (κ2) is 4.04. The van der Waals surface area contributed by atoms with Gasteiger partial charge in [-0.1, -0.05) is 20.8 Å². The Labute approximate surface area is 89.0 Å². The summed E-state index contributed by atoms with van der Waals surface area (Å²) in [5, 5.41) is 0. The molecule has 0 aromatic carbocycles. The quantitative estimate of drug-likeness (QED) is 0.799. The summed E-state index contributed by atoms with van der Waals surface area (Å²) >= 11 is 0. The van der Waals surface area contributed by atoms with Gasteiger partial charge in [0.2, 0.25) is 0 Å². The number of aromatic amines is 1. The van der Waals surface area contributed by atoms with E-state index < -0.39 is 0 Å². The molecule has 4 nitrogen and oxygen atoms in total. The average molecular weight is 210 g/mol. The van der Waals surface area contributed by atoms with Crippen molar-refractivity contribution in [3.8, 4) is 0 Å². The third-order valence-electron chi connectivity index (χ3n) is 2.24. The Balaban J connectivity index is 2.97. The summed E-state index contributed by atoms with van der Waals surface area (Å²) in [6.45, 7) is 8.43. The lowest BCUT2D eigenvalue weighted by molar-refractivity contribution is 0.343. The monoisotopic (exact) mass is 210 g/mol. The van der Waals surface area contributed by atoms with Crippen LogP contribution in [0.4, 0.5) is 0 Å². The highest BCUT2D eigenvalue weighted by Gasteiger charge is 2.11. The Morgan fingerprint density at radius 2 is 1.93 bits per heavy atom. The third-order valence-corrected chi connectivity index (χ3v) is 2.24. The van der Waals surface area contributed by atoms with E-state index in [1.165, 1.54) is 10.6 Å². The van der Waals surface area contributed by atoms with Crippen molar-refractivity contribution in [2.75, 3.05) is 0 Å². The first-order valence-corrected chi connectivity index (χ1v) is 5.10. The Hall–Kier alpha value is -1.32. The minimum Gasteiger partial charge on any atom is -0.311 e. The zero-order valence-corrected chi connectivity index (χ0v) is 9.76. The molecule has 0 saturated carbocycles. The largest absolute Gasteiger partial charge is 0.328 e. The van der Waals surface area contributed by atoms with Gasteiger partial charge in [0.25, 0.3) is 5.56 Å². The van der Waals surface area contributed by atoms with Gasteiger partial charge in [0.15, 0.2) is 0 Å². The van der Waals surface area contributed by atoms with Crippen LogP contribution in [-0.4, -0.2) is 9.55 Å².